The number of carboxylic acid groups (broad SMARTS) is 1. The highest BCUT2D eigenvalue weighted by molar-refractivity contribution is 5.80. The summed E-state index contributed by atoms with van der Waals surface area (Å²) in [6.07, 6.45) is 4.58. The van der Waals surface area contributed by atoms with Gasteiger partial charge < -0.3 is 15.0 Å². The number of hydrogen-bond donors (Lipinski definition) is 2. The van der Waals surface area contributed by atoms with Gasteiger partial charge in [-0.3, -0.25) is 4.79 Å². The maximum atomic E-state index is 10.1. The fraction of sp³-hybridized carbons (Fsp3) is 0.733. The number of rotatable bonds is 3. The van der Waals surface area contributed by atoms with E-state index in [2.05, 4.69) is 26.8 Å². The predicted octanol–water partition coefficient (Wildman–Crippen LogP) is 3.32. The fourth-order valence-electron chi connectivity index (χ4n) is 2.94. The number of aliphatic carboxylic acids is 1. The Balaban J connectivity index is 0.000000203. The molecule has 2 atom stereocenters. The molecular formula is C15H24O4. The molecule has 2 bridgehead atoms. The van der Waals surface area contributed by atoms with Crippen LogP contribution in [0.15, 0.2) is 11.8 Å². The van der Waals surface area contributed by atoms with Gasteiger partial charge in [0.2, 0.25) is 0 Å². The third kappa shape index (κ3) is 2.99. The first-order valence-electron chi connectivity index (χ1n) is 6.74. The van der Waals surface area contributed by atoms with Crippen LogP contribution in [0.3, 0.4) is 0 Å². The Morgan fingerprint density at radius 3 is 2.05 bits per heavy atom. The number of ketones is 1. The molecule has 0 aromatic rings. The minimum absolute atomic E-state index is 0.0463. The minimum Gasteiger partial charge on any atom is -0.512 e. The number of aliphatic hydroxyl groups is 1. The van der Waals surface area contributed by atoms with Crippen molar-refractivity contribution >= 4 is 11.8 Å². The molecule has 0 radical (unpaired) electrons. The van der Waals surface area contributed by atoms with Crippen LogP contribution in [-0.4, -0.2) is 22.0 Å². The Morgan fingerprint density at radius 2 is 1.89 bits per heavy atom. The maximum Gasteiger partial charge on any atom is 0.303 e. The fourth-order valence-corrected chi connectivity index (χ4v) is 2.94. The second kappa shape index (κ2) is 5.35. The lowest BCUT2D eigenvalue weighted by Crippen LogP contribution is -2.29. The van der Waals surface area contributed by atoms with E-state index in [0.29, 0.717) is 11.7 Å². The van der Waals surface area contributed by atoms with Crippen molar-refractivity contribution in [1.82, 2.24) is 0 Å². The van der Waals surface area contributed by atoms with Crippen LogP contribution in [0.25, 0.3) is 0 Å². The molecule has 2 N–H and O–H groups in total. The zero-order chi connectivity index (χ0) is 14.8. The zero-order valence-corrected chi connectivity index (χ0v) is 12.2. The van der Waals surface area contributed by atoms with Crippen molar-refractivity contribution in [2.45, 2.75) is 53.4 Å². The first kappa shape index (κ1) is 15.7. The van der Waals surface area contributed by atoms with Crippen LogP contribution in [0.2, 0.25) is 0 Å². The van der Waals surface area contributed by atoms with Gasteiger partial charge in [0.25, 0.3) is 0 Å². The highest BCUT2D eigenvalue weighted by Crippen LogP contribution is 2.64. The Bertz CT molecular complexity index is 394. The van der Waals surface area contributed by atoms with Crippen molar-refractivity contribution in [3.05, 3.63) is 11.8 Å². The van der Waals surface area contributed by atoms with Gasteiger partial charge in [-0.25, -0.2) is 0 Å². The highest BCUT2D eigenvalue weighted by atomic mass is 16.4. The van der Waals surface area contributed by atoms with Crippen molar-refractivity contribution in [2.24, 2.45) is 16.7 Å². The summed E-state index contributed by atoms with van der Waals surface area (Å²) in [5, 5.41) is 17.7. The second-order valence-corrected chi connectivity index (χ2v) is 6.35. The summed E-state index contributed by atoms with van der Waals surface area (Å²) in [7, 11) is 0. The molecule has 2 rings (SSSR count). The number of allylic oxidation sites excluding steroid dienone is 2. The molecule has 1 fully saturated rings. The number of carbonyl (C=O) groups is 2. The number of carbonyl (C=O) groups excluding carboxylic acids is 1. The van der Waals surface area contributed by atoms with Crippen molar-refractivity contribution < 1.29 is 19.8 Å². The average molecular weight is 268 g/mol. The quantitative estimate of drug-likeness (QED) is 0.823. The van der Waals surface area contributed by atoms with Crippen LogP contribution in [0.4, 0.5) is 0 Å². The summed E-state index contributed by atoms with van der Waals surface area (Å²) in [6, 6.07) is 0. The molecule has 2 aliphatic rings. The Morgan fingerprint density at radius 1 is 1.32 bits per heavy atom. The number of hydrogen-bond acceptors (Lipinski definition) is 3. The average Bonchev–Trinajstić information content (AvgIpc) is 2.60. The van der Waals surface area contributed by atoms with Crippen LogP contribution in [-0.2, 0) is 9.59 Å². The second-order valence-electron chi connectivity index (χ2n) is 6.35. The van der Waals surface area contributed by atoms with E-state index in [1.165, 1.54) is 13.3 Å². The van der Waals surface area contributed by atoms with Gasteiger partial charge in [0.05, 0.1) is 12.2 Å². The van der Waals surface area contributed by atoms with E-state index < -0.39 is 5.97 Å². The normalized spacial score (nSPS) is 30.3. The van der Waals surface area contributed by atoms with E-state index >= 15 is 0 Å². The van der Waals surface area contributed by atoms with Gasteiger partial charge in [0, 0.05) is 11.8 Å². The van der Waals surface area contributed by atoms with E-state index in [9.17, 15) is 14.7 Å². The SMILES string of the molecule is CC(=O)CCC(=O)O.CC12CCC(C=C1O)C2(C)C. The van der Waals surface area contributed by atoms with Gasteiger partial charge in [0.1, 0.15) is 5.78 Å². The lowest BCUT2D eigenvalue weighted by Gasteiger charge is -2.34. The summed E-state index contributed by atoms with van der Waals surface area (Å²) in [5.41, 5.74) is 0.370. The number of fused-ring (bicyclic) bond motifs is 2. The van der Waals surface area contributed by atoms with E-state index in [1.54, 1.807) is 0 Å². The molecule has 0 spiro atoms. The van der Waals surface area contributed by atoms with Crippen molar-refractivity contribution in [3.8, 4) is 0 Å². The number of Topliss-reactive ketones (excluding diaryl/α,β-unsaturated/α-hetero) is 1. The topological polar surface area (TPSA) is 74.6 Å². The predicted molar refractivity (Wildman–Crippen MR) is 72.9 cm³/mol. The lowest BCUT2D eigenvalue weighted by molar-refractivity contribution is -0.138. The first-order chi connectivity index (χ1) is 8.61. The molecule has 108 valence electrons. The molecule has 0 aliphatic heterocycles. The molecule has 1 saturated carbocycles. The van der Waals surface area contributed by atoms with Crippen molar-refractivity contribution in [3.63, 3.8) is 0 Å². The molecular weight excluding hydrogens is 244 g/mol. The monoisotopic (exact) mass is 268 g/mol. The number of carboxylic acids is 1. The Kier molecular flexibility index (Phi) is 4.43. The Labute approximate surface area is 114 Å². The third-order valence-corrected chi connectivity index (χ3v) is 4.92. The smallest absolute Gasteiger partial charge is 0.303 e. The molecule has 0 saturated heterocycles. The highest BCUT2D eigenvalue weighted by Gasteiger charge is 2.57. The van der Waals surface area contributed by atoms with Gasteiger partial charge >= 0.3 is 5.97 Å². The summed E-state index contributed by atoms with van der Waals surface area (Å²) in [6.45, 7) is 8.10. The maximum absolute atomic E-state index is 10.1. The summed E-state index contributed by atoms with van der Waals surface area (Å²) < 4.78 is 0. The number of aliphatic hydroxyl groups excluding tert-OH is 1. The van der Waals surface area contributed by atoms with Crippen molar-refractivity contribution in [2.75, 3.05) is 0 Å². The molecule has 0 aromatic carbocycles. The van der Waals surface area contributed by atoms with E-state index in [4.69, 9.17) is 5.11 Å². The van der Waals surface area contributed by atoms with E-state index in [-0.39, 0.29) is 29.5 Å². The van der Waals surface area contributed by atoms with E-state index in [1.807, 2.05) is 0 Å². The lowest BCUT2D eigenvalue weighted by atomic mass is 9.70. The largest absolute Gasteiger partial charge is 0.512 e. The van der Waals surface area contributed by atoms with Crippen LogP contribution >= 0.6 is 0 Å². The van der Waals surface area contributed by atoms with E-state index in [0.717, 1.165) is 6.42 Å². The third-order valence-electron chi connectivity index (χ3n) is 4.92. The van der Waals surface area contributed by atoms with Gasteiger partial charge in [-0.05, 0) is 37.2 Å². The van der Waals surface area contributed by atoms with Gasteiger partial charge in [-0.1, -0.05) is 20.8 Å². The minimum atomic E-state index is -0.916. The van der Waals surface area contributed by atoms with Gasteiger partial charge in [-0.15, -0.1) is 0 Å². The van der Waals surface area contributed by atoms with Crippen molar-refractivity contribution in [1.29, 1.82) is 0 Å². The molecule has 2 aliphatic carbocycles. The standard InChI is InChI=1S/C10H16O.C5H8O3/c1-9(2)7-4-5-10(9,3)8(11)6-7;1-4(6)2-3-5(7)8/h6-7,11H,4-5H2,1-3H3;2-3H2,1H3,(H,7,8). The molecule has 4 nitrogen and oxygen atoms in total. The molecule has 4 heteroatoms. The van der Waals surface area contributed by atoms with Crippen LogP contribution < -0.4 is 0 Å². The van der Waals surface area contributed by atoms with Crippen LogP contribution in [0.5, 0.6) is 0 Å². The summed E-state index contributed by atoms with van der Waals surface area (Å²) in [4.78, 5) is 19.8. The zero-order valence-electron chi connectivity index (χ0n) is 12.2. The Hall–Kier alpha value is -1.32. The molecule has 0 heterocycles. The van der Waals surface area contributed by atoms with Gasteiger partial charge in [0.15, 0.2) is 0 Å². The van der Waals surface area contributed by atoms with Crippen LogP contribution in [0, 0.1) is 16.7 Å². The molecule has 2 unspecified atom stereocenters. The molecule has 19 heavy (non-hydrogen) atoms. The first-order valence-corrected chi connectivity index (χ1v) is 6.74. The summed E-state index contributed by atoms with van der Waals surface area (Å²) >= 11 is 0. The molecule has 0 aromatic heterocycles. The molecule has 0 amide bonds. The van der Waals surface area contributed by atoms with Crippen LogP contribution in [0.1, 0.15) is 53.4 Å². The van der Waals surface area contributed by atoms with Gasteiger partial charge in [-0.2, -0.15) is 0 Å². The summed E-state index contributed by atoms with van der Waals surface area (Å²) in [5.74, 6) is 0.263.